The minimum absolute atomic E-state index is 0.000455. The van der Waals surface area contributed by atoms with E-state index in [0.29, 0.717) is 11.7 Å². The third-order valence-corrected chi connectivity index (χ3v) is 5.81. The minimum atomic E-state index is 0.000455. The lowest BCUT2D eigenvalue weighted by Gasteiger charge is -2.26. The number of thiazole rings is 1. The van der Waals surface area contributed by atoms with Gasteiger partial charge < -0.3 is 10.4 Å². The first-order valence-corrected chi connectivity index (χ1v) is 9.67. The van der Waals surface area contributed by atoms with E-state index in [2.05, 4.69) is 20.3 Å². The Morgan fingerprint density at radius 1 is 1.12 bits per heavy atom. The molecular weight excluding hydrogens is 348 g/mol. The minimum Gasteiger partial charge on any atom is -0.396 e. The van der Waals surface area contributed by atoms with Crippen LogP contribution in [0.25, 0.3) is 21.3 Å². The fraction of sp³-hybridized carbons (Fsp3) is 0.368. The van der Waals surface area contributed by atoms with E-state index in [1.165, 1.54) is 0 Å². The van der Waals surface area contributed by atoms with E-state index in [9.17, 15) is 9.90 Å². The molecule has 3 heterocycles. The summed E-state index contributed by atoms with van der Waals surface area (Å²) in [7, 11) is 0. The number of aromatic nitrogens is 3. The summed E-state index contributed by atoms with van der Waals surface area (Å²) in [6.45, 7) is 0.219. The maximum absolute atomic E-state index is 12.5. The normalized spacial score (nSPS) is 20.2. The van der Waals surface area contributed by atoms with Crippen LogP contribution in [0.5, 0.6) is 0 Å². The molecule has 0 spiro atoms. The molecule has 1 aliphatic carbocycles. The van der Waals surface area contributed by atoms with Crippen LogP contribution in [0, 0.1) is 11.8 Å². The highest BCUT2D eigenvalue weighted by molar-refractivity contribution is 7.13. The van der Waals surface area contributed by atoms with Crippen molar-refractivity contribution in [3.05, 3.63) is 36.2 Å². The number of amides is 1. The van der Waals surface area contributed by atoms with Gasteiger partial charge in [-0.2, -0.15) is 0 Å². The van der Waals surface area contributed by atoms with Crippen molar-refractivity contribution in [2.24, 2.45) is 11.8 Å². The maximum Gasteiger partial charge on any atom is 0.228 e. The van der Waals surface area contributed by atoms with Crippen molar-refractivity contribution >= 4 is 33.8 Å². The highest BCUT2D eigenvalue weighted by Gasteiger charge is 2.26. The first-order valence-electron chi connectivity index (χ1n) is 8.79. The molecule has 0 bridgehead atoms. The number of carbonyl (C=O) groups is 1. The molecule has 0 saturated heterocycles. The molecule has 26 heavy (non-hydrogen) atoms. The molecule has 3 aromatic heterocycles. The average Bonchev–Trinajstić information content (AvgIpc) is 3.22. The van der Waals surface area contributed by atoms with Gasteiger partial charge in [-0.3, -0.25) is 14.8 Å². The zero-order valence-electron chi connectivity index (χ0n) is 14.3. The molecule has 0 aliphatic heterocycles. The third kappa shape index (κ3) is 3.59. The smallest absolute Gasteiger partial charge is 0.228 e. The van der Waals surface area contributed by atoms with Crippen LogP contribution >= 0.6 is 11.3 Å². The van der Waals surface area contributed by atoms with Crippen LogP contribution in [0.2, 0.25) is 0 Å². The summed E-state index contributed by atoms with van der Waals surface area (Å²) in [5, 5.41) is 14.1. The van der Waals surface area contributed by atoms with Crippen LogP contribution in [0.15, 0.2) is 36.2 Å². The highest BCUT2D eigenvalue weighted by Crippen LogP contribution is 2.30. The van der Waals surface area contributed by atoms with Crippen molar-refractivity contribution in [1.82, 2.24) is 15.0 Å². The van der Waals surface area contributed by atoms with Gasteiger partial charge in [-0.15, -0.1) is 11.3 Å². The van der Waals surface area contributed by atoms with Crippen LogP contribution in [0.4, 0.5) is 5.82 Å². The first kappa shape index (κ1) is 17.1. The quantitative estimate of drug-likeness (QED) is 0.736. The number of pyridine rings is 2. The predicted molar refractivity (Wildman–Crippen MR) is 102 cm³/mol. The number of rotatable bonds is 4. The molecule has 6 nitrogen and oxygen atoms in total. The van der Waals surface area contributed by atoms with Crippen LogP contribution in [-0.4, -0.2) is 32.6 Å². The van der Waals surface area contributed by atoms with Gasteiger partial charge in [0.25, 0.3) is 0 Å². The lowest BCUT2D eigenvalue weighted by molar-refractivity contribution is -0.121. The Morgan fingerprint density at radius 3 is 2.65 bits per heavy atom. The molecule has 1 saturated carbocycles. The van der Waals surface area contributed by atoms with E-state index in [1.807, 2.05) is 12.1 Å². The number of anilines is 1. The summed E-state index contributed by atoms with van der Waals surface area (Å²) in [5.41, 5.74) is 2.65. The molecule has 1 amide bonds. The molecule has 2 N–H and O–H groups in total. The Kier molecular flexibility index (Phi) is 4.90. The van der Waals surface area contributed by atoms with Gasteiger partial charge in [0.05, 0.1) is 16.1 Å². The summed E-state index contributed by atoms with van der Waals surface area (Å²) in [6, 6.07) is 3.88. The summed E-state index contributed by atoms with van der Waals surface area (Å²) < 4.78 is 0. The summed E-state index contributed by atoms with van der Waals surface area (Å²) in [4.78, 5) is 26.4. The van der Waals surface area contributed by atoms with E-state index in [0.717, 1.165) is 47.0 Å². The summed E-state index contributed by atoms with van der Waals surface area (Å²) in [5.74, 6) is 0.925. The second-order valence-corrected chi connectivity index (χ2v) is 7.63. The van der Waals surface area contributed by atoms with E-state index in [-0.39, 0.29) is 18.4 Å². The lowest BCUT2D eigenvalue weighted by Crippen LogP contribution is -2.28. The predicted octanol–water partition coefficient (Wildman–Crippen LogP) is 3.49. The zero-order chi connectivity index (χ0) is 17.9. The van der Waals surface area contributed by atoms with Gasteiger partial charge >= 0.3 is 0 Å². The largest absolute Gasteiger partial charge is 0.396 e. The zero-order valence-corrected chi connectivity index (χ0v) is 15.1. The van der Waals surface area contributed by atoms with Crippen molar-refractivity contribution in [1.29, 1.82) is 0 Å². The maximum atomic E-state index is 12.5. The Bertz CT molecular complexity index is 905. The van der Waals surface area contributed by atoms with Gasteiger partial charge in [0, 0.05) is 36.5 Å². The Labute approximate surface area is 155 Å². The van der Waals surface area contributed by atoms with Gasteiger partial charge in [0.15, 0.2) is 0 Å². The van der Waals surface area contributed by atoms with Gasteiger partial charge in [-0.1, -0.05) is 0 Å². The van der Waals surface area contributed by atoms with Gasteiger partial charge in [0.1, 0.15) is 5.82 Å². The molecule has 1 fully saturated rings. The number of nitrogens with zero attached hydrogens (tertiary/aromatic N) is 3. The number of hydrogen-bond acceptors (Lipinski definition) is 6. The molecule has 0 atom stereocenters. The molecule has 3 aromatic rings. The van der Waals surface area contributed by atoms with Crippen LogP contribution in [-0.2, 0) is 4.79 Å². The molecule has 1 aliphatic rings. The molecule has 134 valence electrons. The number of nitrogens with one attached hydrogen (secondary N) is 1. The van der Waals surface area contributed by atoms with Gasteiger partial charge in [-0.25, -0.2) is 4.98 Å². The van der Waals surface area contributed by atoms with E-state index in [4.69, 9.17) is 0 Å². The molecule has 7 heteroatoms. The van der Waals surface area contributed by atoms with E-state index in [1.54, 1.807) is 35.4 Å². The number of aliphatic hydroxyl groups excluding tert-OH is 1. The van der Waals surface area contributed by atoms with Crippen molar-refractivity contribution in [2.75, 3.05) is 11.9 Å². The SMILES string of the molecule is O=C(Nc1cc2cc(-c3cncs3)ncc2cn1)[C@H]1CC[C@H](CO)CC1. The molecule has 0 unspecified atom stereocenters. The van der Waals surface area contributed by atoms with Crippen molar-refractivity contribution in [3.8, 4) is 10.6 Å². The standard InChI is InChI=1S/C19H20N4O2S/c24-10-12-1-3-13(4-2-12)19(25)23-18-6-14-5-16(17-9-20-11-26-17)21-7-15(14)8-22-18/h5-9,11-13,24H,1-4,10H2,(H,22,23,25)/t12-,13-. The topological polar surface area (TPSA) is 88.0 Å². The molecule has 0 aromatic carbocycles. The molecule has 4 rings (SSSR count). The summed E-state index contributed by atoms with van der Waals surface area (Å²) >= 11 is 1.54. The van der Waals surface area contributed by atoms with Crippen LogP contribution in [0.1, 0.15) is 25.7 Å². The van der Waals surface area contributed by atoms with Crippen molar-refractivity contribution in [3.63, 3.8) is 0 Å². The lowest BCUT2D eigenvalue weighted by atomic mass is 9.82. The Morgan fingerprint density at radius 2 is 1.92 bits per heavy atom. The van der Waals surface area contributed by atoms with Gasteiger partial charge in [0.2, 0.25) is 5.91 Å². The summed E-state index contributed by atoms with van der Waals surface area (Å²) in [6.07, 6.45) is 8.78. The number of aliphatic hydroxyl groups is 1. The third-order valence-electron chi connectivity index (χ3n) is 5.02. The molecule has 0 radical (unpaired) electrons. The first-order chi connectivity index (χ1) is 12.7. The number of hydrogen-bond donors (Lipinski definition) is 2. The average molecular weight is 368 g/mol. The van der Waals surface area contributed by atoms with Crippen LogP contribution in [0.3, 0.4) is 0 Å². The fourth-order valence-electron chi connectivity index (χ4n) is 3.42. The van der Waals surface area contributed by atoms with E-state index >= 15 is 0 Å². The Hall–Kier alpha value is -2.38. The highest BCUT2D eigenvalue weighted by atomic mass is 32.1. The number of fused-ring (bicyclic) bond motifs is 1. The Balaban J connectivity index is 1.50. The van der Waals surface area contributed by atoms with Crippen LogP contribution < -0.4 is 5.32 Å². The second kappa shape index (κ2) is 7.47. The van der Waals surface area contributed by atoms with Crippen molar-refractivity contribution in [2.45, 2.75) is 25.7 Å². The fourth-order valence-corrected chi connectivity index (χ4v) is 4.01. The van der Waals surface area contributed by atoms with E-state index < -0.39 is 0 Å². The molecular formula is C19H20N4O2S. The van der Waals surface area contributed by atoms with Crippen molar-refractivity contribution < 1.29 is 9.90 Å². The second-order valence-electron chi connectivity index (χ2n) is 6.74. The number of carbonyl (C=O) groups excluding carboxylic acids is 1. The monoisotopic (exact) mass is 368 g/mol. The van der Waals surface area contributed by atoms with Gasteiger partial charge in [-0.05, 0) is 49.1 Å².